The van der Waals surface area contributed by atoms with Gasteiger partial charge in [-0.2, -0.15) is 0 Å². The summed E-state index contributed by atoms with van der Waals surface area (Å²) in [6, 6.07) is 11.2. The predicted molar refractivity (Wildman–Crippen MR) is 56.5 cm³/mol. The molecule has 0 N–H and O–H groups in total. The largest absolute Gasteiger partial charge is 0.414 e. The highest BCUT2D eigenvalue weighted by Gasteiger charge is 2.35. The number of benzene rings is 1. The molecular formula is C8H10O3Si3. The SMILES string of the molecule is C[Si]1(Cc2ccccc2)O[Si]O[Si]O1. The maximum Gasteiger partial charge on any atom is 0.413 e. The molecule has 0 saturated carbocycles. The van der Waals surface area contributed by atoms with Gasteiger partial charge in [0.05, 0.1) is 0 Å². The Bertz CT molecular complexity index is 287. The molecule has 1 aliphatic rings. The maximum absolute atomic E-state index is 5.60. The van der Waals surface area contributed by atoms with Crippen LogP contribution in [0.15, 0.2) is 30.3 Å². The first-order valence-electron chi connectivity index (χ1n) is 4.34. The van der Waals surface area contributed by atoms with E-state index in [2.05, 4.69) is 18.7 Å². The molecule has 72 valence electrons. The van der Waals surface area contributed by atoms with Gasteiger partial charge in [-0.15, -0.1) is 0 Å². The molecule has 1 aromatic rings. The first-order valence-corrected chi connectivity index (χ1v) is 8.50. The molecule has 1 heterocycles. The highest BCUT2D eigenvalue weighted by Crippen LogP contribution is 2.16. The van der Waals surface area contributed by atoms with Crippen LogP contribution in [0.2, 0.25) is 6.55 Å². The van der Waals surface area contributed by atoms with Crippen LogP contribution < -0.4 is 0 Å². The highest BCUT2D eigenvalue weighted by atomic mass is 28.5. The molecule has 0 spiro atoms. The van der Waals surface area contributed by atoms with E-state index in [1.165, 1.54) is 5.56 Å². The first kappa shape index (κ1) is 10.3. The van der Waals surface area contributed by atoms with Crippen molar-refractivity contribution in [2.45, 2.75) is 12.6 Å². The minimum absolute atomic E-state index is 0.154. The van der Waals surface area contributed by atoms with Crippen molar-refractivity contribution < 1.29 is 12.3 Å². The summed E-state index contributed by atoms with van der Waals surface area (Å²) < 4.78 is 16.2. The topological polar surface area (TPSA) is 27.7 Å². The molecule has 0 aliphatic carbocycles. The van der Waals surface area contributed by atoms with E-state index in [9.17, 15) is 0 Å². The van der Waals surface area contributed by atoms with E-state index in [1.807, 2.05) is 18.2 Å². The molecule has 0 bridgehead atoms. The van der Waals surface area contributed by atoms with Crippen molar-refractivity contribution in [1.82, 2.24) is 0 Å². The molecular weight excluding hydrogens is 228 g/mol. The van der Waals surface area contributed by atoms with Crippen molar-refractivity contribution in [3.63, 3.8) is 0 Å². The van der Waals surface area contributed by atoms with E-state index in [0.717, 1.165) is 6.04 Å². The van der Waals surface area contributed by atoms with Crippen molar-refractivity contribution in [2.75, 3.05) is 0 Å². The van der Waals surface area contributed by atoms with E-state index < -0.39 is 8.56 Å². The first-order chi connectivity index (χ1) is 6.79. The average Bonchev–Trinajstić information content (AvgIpc) is 2.19. The minimum Gasteiger partial charge on any atom is -0.414 e. The second-order valence-electron chi connectivity index (χ2n) is 3.27. The van der Waals surface area contributed by atoms with E-state index in [-0.39, 0.29) is 20.0 Å². The third-order valence-electron chi connectivity index (χ3n) is 1.97. The van der Waals surface area contributed by atoms with E-state index in [0.29, 0.717) is 0 Å². The fourth-order valence-electron chi connectivity index (χ4n) is 1.29. The third-order valence-corrected chi connectivity index (χ3v) is 7.80. The molecule has 1 aliphatic heterocycles. The van der Waals surface area contributed by atoms with Gasteiger partial charge < -0.3 is 12.3 Å². The van der Waals surface area contributed by atoms with Gasteiger partial charge in [-0.1, -0.05) is 30.3 Å². The Balaban J connectivity index is 2.02. The third kappa shape index (κ3) is 2.62. The molecule has 0 atom stereocenters. The number of hydrogen-bond acceptors (Lipinski definition) is 3. The van der Waals surface area contributed by atoms with Crippen LogP contribution >= 0.6 is 0 Å². The lowest BCUT2D eigenvalue weighted by Gasteiger charge is -2.29. The van der Waals surface area contributed by atoms with Gasteiger partial charge in [0.1, 0.15) is 0 Å². The summed E-state index contributed by atoms with van der Waals surface area (Å²) >= 11 is 0. The van der Waals surface area contributed by atoms with E-state index >= 15 is 0 Å². The quantitative estimate of drug-likeness (QED) is 0.719. The van der Waals surface area contributed by atoms with Crippen LogP contribution in [0.4, 0.5) is 0 Å². The Morgan fingerprint density at radius 3 is 2.43 bits per heavy atom. The normalized spacial score (nSPS) is 20.6. The fraction of sp³-hybridized carbons (Fsp3) is 0.250. The Morgan fingerprint density at radius 2 is 1.79 bits per heavy atom. The summed E-state index contributed by atoms with van der Waals surface area (Å²) in [6.45, 7) is 2.09. The Kier molecular flexibility index (Phi) is 3.31. The van der Waals surface area contributed by atoms with Crippen LogP contribution in [0.3, 0.4) is 0 Å². The lowest BCUT2D eigenvalue weighted by molar-refractivity contribution is 0.299. The number of hydrogen-bond donors (Lipinski definition) is 0. The second-order valence-corrected chi connectivity index (χ2v) is 8.67. The summed E-state index contributed by atoms with van der Waals surface area (Å²) in [7, 11) is -1.67. The van der Waals surface area contributed by atoms with Crippen molar-refractivity contribution in [3.05, 3.63) is 35.9 Å². The molecule has 4 radical (unpaired) electrons. The van der Waals surface area contributed by atoms with Gasteiger partial charge in [-0.3, -0.25) is 0 Å². The van der Waals surface area contributed by atoms with Gasteiger partial charge in [0.2, 0.25) is 0 Å². The van der Waals surface area contributed by atoms with Gasteiger partial charge >= 0.3 is 28.6 Å². The lowest BCUT2D eigenvalue weighted by atomic mass is 10.2. The second kappa shape index (κ2) is 4.51. The van der Waals surface area contributed by atoms with Gasteiger partial charge in [0, 0.05) is 6.04 Å². The molecule has 3 nitrogen and oxygen atoms in total. The lowest BCUT2D eigenvalue weighted by Crippen LogP contribution is -2.49. The molecule has 1 saturated heterocycles. The zero-order valence-corrected chi connectivity index (χ0v) is 10.8. The summed E-state index contributed by atoms with van der Waals surface area (Å²) in [5.74, 6) is 0. The van der Waals surface area contributed by atoms with Crippen LogP contribution in [-0.4, -0.2) is 28.6 Å². The molecule has 1 aromatic carbocycles. The Hall–Kier alpha value is -0.249. The van der Waals surface area contributed by atoms with Crippen LogP contribution in [0.25, 0.3) is 0 Å². The van der Waals surface area contributed by atoms with Crippen LogP contribution in [0, 0.1) is 0 Å². The fourth-order valence-corrected chi connectivity index (χ4v) is 6.02. The highest BCUT2D eigenvalue weighted by molar-refractivity contribution is 6.75. The predicted octanol–water partition coefficient (Wildman–Crippen LogP) is 0.972. The maximum atomic E-state index is 5.60. The smallest absolute Gasteiger partial charge is 0.413 e. The Morgan fingerprint density at radius 1 is 1.14 bits per heavy atom. The van der Waals surface area contributed by atoms with E-state index in [4.69, 9.17) is 12.3 Å². The molecule has 1 fully saturated rings. The van der Waals surface area contributed by atoms with Crippen molar-refractivity contribution in [3.8, 4) is 0 Å². The average molecular weight is 238 g/mol. The molecule has 2 rings (SSSR count). The van der Waals surface area contributed by atoms with Crippen molar-refractivity contribution in [1.29, 1.82) is 0 Å². The van der Waals surface area contributed by atoms with Gasteiger partial charge in [-0.05, 0) is 12.1 Å². The summed E-state index contributed by atoms with van der Waals surface area (Å²) in [5, 5.41) is 0. The summed E-state index contributed by atoms with van der Waals surface area (Å²) in [5.41, 5.74) is 1.28. The van der Waals surface area contributed by atoms with Crippen molar-refractivity contribution in [2.24, 2.45) is 0 Å². The molecule has 0 unspecified atom stereocenters. The molecule has 0 amide bonds. The standard InChI is InChI=1S/C8H10O3Si3/c1-14(10-12-9-13-11-14)7-8-5-3-2-4-6-8/h2-6H,7H2,1H3. The monoisotopic (exact) mass is 238 g/mol. The van der Waals surface area contributed by atoms with E-state index in [1.54, 1.807) is 0 Å². The molecule has 6 heteroatoms. The molecule has 0 aromatic heterocycles. The van der Waals surface area contributed by atoms with Crippen LogP contribution in [0.1, 0.15) is 5.56 Å². The van der Waals surface area contributed by atoms with Gasteiger partial charge in [0.25, 0.3) is 0 Å². The van der Waals surface area contributed by atoms with Crippen LogP contribution in [-0.2, 0) is 18.4 Å². The summed E-state index contributed by atoms with van der Waals surface area (Å²) in [4.78, 5) is 0. The van der Waals surface area contributed by atoms with Crippen molar-refractivity contribution >= 4 is 28.6 Å². The zero-order chi connectivity index (χ0) is 9.86. The summed E-state index contributed by atoms with van der Waals surface area (Å²) in [6.07, 6.45) is 0. The minimum atomic E-state index is -1.98. The van der Waals surface area contributed by atoms with Gasteiger partial charge in [-0.25, -0.2) is 0 Å². The zero-order valence-electron chi connectivity index (χ0n) is 7.82. The molecule has 14 heavy (non-hydrogen) atoms. The van der Waals surface area contributed by atoms with Gasteiger partial charge in [0.15, 0.2) is 0 Å². The Labute approximate surface area is 89.8 Å². The number of rotatable bonds is 2. The van der Waals surface area contributed by atoms with Crippen LogP contribution in [0.5, 0.6) is 0 Å².